The fraction of sp³-hybridized carbons (Fsp3) is 0.500. The number of piperidine rings is 1. The van der Waals surface area contributed by atoms with Crippen LogP contribution in [0.15, 0.2) is 54.6 Å². The third-order valence-corrected chi connectivity index (χ3v) is 9.53. The molecule has 9 nitrogen and oxygen atoms in total. The zero-order valence-corrected chi connectivity index (χ0v) is 26.6. The van der Waals surface area contributed by atoms with E-state index in [2.05, 4.69) is 41.2 Å². The molecule has 3 aliphatic rings. The van der Waals surface area contributed by atoms with Crippen molar-refractivity contribution in [3.8, 4) is 22.8 Å². The summed E-state index contributed by atoms with van der Waals surface area (Å²) in [7, 11) is 0. The number of amides is 2. The molecule has 0 radical (unpaired) electrons. The number of rotatable bonds is 9. The van der Waals surface area contributed by atoms with E-state index in [0.29, 0.717) is 48.4 Å². The van der Waals surface area contributed by atoms with Gasteiger partial charge in [0.1, 0.15) is 11.5 Å². The fourth-order valence-corrected chi connectivity index (χ4v) is 6.87. The molecule has 238 valence electrons. The van der Waals surface area contributed by atoms with Crippen molar-refractivity contribution >= 4 is 11.8 Å². The highest BCUT2D eigenvalue weighted by Crippen LogP contribution is 2.32. The van der Waals surface area contributed by atoms with E-state index in [1.54, 1.807) is 6.07 Å². The van der Waals surface area contributed by atoms with E-state index in [1.807, 2.05) is 53.4 Å². The molecule has 2 aromatic carbocycles. The van der Waals surface area contributed by atoms with Crippen LogP contribution in [-0.2, 0) is 11.3 Å². The van der Waals surface area contributed by atoms with E-state index in [-0.39, 0.29) is 30.0 Å². The van der Waals surface area contributed by atoms with E-state index in [9.17, 15) is 14.7 Å². The van der Waals surface area contributed by atoms with Crippen molar-refractivity contribution < 1.29 is 19.4 Å². The maximum Gasteiger partial charge on any atom is 0.251 e. The van der Waals surface area contributed by atoms with E-state index < -0.39 is 0 Å². The van der Waals surface area contributed by atoms with Gasteiger partial charge < -0.3 is 20.1 Å². The highest BCUT2D eigenvalue weighted by atomic mass is 16.5. The summed E-state index contributed by atoms with van der Waals surface area (Å²) < 4.78 is 6.40. The van der Waals surface area contributed by atoms with E-state index in [1.165, 1.54) is 0 Å². The molecule has 1 saturated carbocycles. The highest BCUT2D eigenvalue weighted by molar-refractivity contribution is 5.95. The minimum atomic E-state index is -0.228. The maximum atomic E-state index is 13.4. The first-order valence-electron chi connectivity index (χ1n) is 16.5. The van der Waals surface area contributed by atoms with Gasteiger partial charge in [0.2, 0.25) is 5.91 Å². The number of ether oxygens (including phenoxy) is 1. The Morgan fingerprint density at radius 3 is 2.42 bits per heavy atom. The Labute approximate surface area is 266 Å². The molecule has 2 amide bonds. The minimum Gasteiger partial charge on any atom is -0.457 e. The Morgan fingerprint density at radius 1 is 1.02 bits per heavy atom. The third kappa shape index (κ3) is 7.36. The Bertz CT molecular complexity index is 1480. The van der Waals surface area contributed by atoms with Gasteiger partial charge >= 0.3 is 0 Å². The normalized spacial score (nSPS) is 22.7. The number of hydrogen-bond donors (Lipinski definition) is 2. The van der Waals surface area contributed by atoms with Gasteiger partial charge in [0.25, 0.3) is 5.91 Å². The van der Waals surface area contributed by atoms with Gasteiger partial charge in [0.15, 0.2) is 0 Å². The number of aromatic nitrogens is 2. The van der Waals surface area contributed by atoms with E-state index in [0.717, 1.165) is 67.7 Å². The molecule has 2 aliphatic heterocycles. The number of aliphatic hydroxyl groups excluding tert-OH is 1. The molecule has 1 aromatic heterocycles. The zero-order chi connectivity index (χ0) is 31.5. The van der Waals surface area contributed by atoms with Gasteiger partial charge in [0.05, 0.1) is 17.5 Å². The average molecular weight is 612 g/mol. The van der Waals surface area contributed by atoms with Crippen LogP contribution in [0.5, 0.6) is 11.5 Å². The molecule has 2 N–H and O–H groups in total. The second kappa shape index (κ2) is 13.7. The van der Waals surface area contributed by atoms with Crippen LogP contribution in [0.25, 0.3) is 11.3 Å². The van der Waals surface area contributed by atoms with Crippen molar-refractivity contribution in [2.24, 2.45) is 5.92 Å². The van der Waals surface area contributed by atoms with Crippen molar-refractivity contribution in [2.75, 3.05) is 19.6 Å². The molecule has 3 fully saturated rings. The smallest absolute Gasteiger partial charge is 0.251 e. The first kappa shape index (κ1) is 31.2. The SMILES string of the molecule is CC(C)c1ccc(-c2ccc(Oc3cc(C(=O)NC4CCN([C@@H]5CCC[C@H]5O)CC4)ccc3CN3C[C@@H](C)CC3=O)cc2)nn1. The van der Waals surface area contributed by atoms with E-state index in [4.69, 9.17) is 4.74 Å². The van der Waals surface area contributed by atoms with Gasteiger partial charge in [-0.2, -0.15) is 10.2 Å². The number of hydrogen-bond acceptors (Lipinski definition) is 7. The molecule has 0 bridgehead atoms. The highest BCUT2D eigenvalue weighted by Gasteiger charge is 2.33. The first-order valence-corrected chi connectivity index (χ1v) is 16.5. The van der Waals surface area contributed by atoms with Crippen LogP contribution >= 0.6 is 0 Å². The van der Waals surface area contributed by atoms with Gasteiger partial charge in [-0.3, -0.25) is 14.5 Å². The van der Waals surface area contributed by atoms with Crippen molar-refractivity contribution in [3.05, 3.63) is 71.4 Å². The van der Waals surface area contributed by atoms with Crippen LogP contribution in [0.4, 0.5) is 0 Å². The minimum absolute atomic E-state index is 0.0882. The molecule has 1 aliphatic carbocycles. The molecule has 3 atom stereocenters. The molecule has 9 heteroatoms. The molecule has 3 aromatic rings. The number of nitrogens with one attached hydrogen (secondary N) is 1. The number of benzene rings is 2. The van der Waals surface area contributed by atoms with Crippen LogP contribution < -0.4 is 10.1 Å². The van der Waals surface area contributed by atoms with Crippen molar-refractivity contribution in [1.82, 2.24) is 25.3 Å². The summed E-state index contributed by atoms with van der Waals surface area (Å²) >= 11 is 0. The van der Waals surface area contributed by atoms with Crippen LogP contribution in [0, 0.1) is 5.92 Å². The van der Waals surface area contributed by atoms with Crippen LogP contribution in [-0.4, -0.2) is 74.7 Å². The average Bonchev–Trinajstić information content (AvgIpc) is 3.61. The van der Waals surface area contributed by atoms with Gasteiger partial charge in [-0.05, 0) is 92.5 Å². The quantitative estimate of drug-likeness (QED) is 0.327. The largest absolute Gasteiger partial charge is 0.457 e. The number of aliphatic hydroxyl groups is 1. The number of likely N-dealkylation sites (tertiary alicyclic amines) is 2. The zero-order valence-electron chi connectivity index (χ0n) is 26.6. The summed E-state index contributed by atoms with van der Waals surface area (Å²) in [4.78, 5) is 30.3. The third-order valence-electron chi connectivity index (χ3n) is 9.53. The standard InChI is InChI=1S/C36H45N5O4/c1-23(2)30-13-14-31(39-38-30)25-9-11-29(12-10-25)45-34-20-26(7-8-27(34)22-41-21-24(3)19-35(41)43)36(44)37-28-15-17-40(18-16-28)32-5-4-6-33(32)42/h7-14,20,23-24,28,32-33,42H,4-6,15-19,21-22H2,1-3H3,(H,37,44)/t24-,32+,33+/m0/s1. The summed E-state index contributed by atoms with van der Waals surface area (Å²) in [6.07, 6.45) is 5.07. The van der Waals surface area contributed by atoms with Crippen molar-refractivity contribution in [2.45, 2.75) is 89.9 Å². The van der Waals surface area contributed by atoms with Gasteiger partial charge in [-0.1, -0.05) is 26.8 Å². The number of carbonyl (C=O) groups excluding carboxylic acids is 2. The molecule has 3 heterocycles. The van der Waals surface area contributed by atoms with Gasteiger partial charge in [0, 0.05) is 61.4 Å². The Hall–Kier alpha value is -3.82. The molecule has 45 heavy (non-hydrogen) atoms. The van der Waals surface area contributed by atoms with Gasteiger partial charge in [-0.15, -0.1) is 0 Å². The lowest BCUT2D eigenvalue weighted by Gasteiger charge is -2.37. The summed E-state index contributed by atoms with van der Waals surface area (Å²) in [6.45, 7) is 9.18. The number of carbonyl (C=O) groups is 2. The molecular formula is C36H45N5O4. The second-order valence-corrected chi connectivity index (χ2v) is 13.4. The predicted molar refractivity (Wildman–Crippen MR) is 173 cm³/mol. The van der Waals surface area contributed by atoms with Crippen molar-refractivity contribution in [1.29, 1.82) is 0 Å². The summed E-state index contributed by atoms with van der Waals surface area (Å²) in [5.74, 6) is 1.84. The summed E-state index contributed by atoms with van der Waals surface area (Å²) in [5, 5.41) is 22.3. The summed E-state index contributed by atoms with van der Waals surface area (Å²) in [6, 6.07) is 17.5. The Kier molecular flexibility index (Phi) is 9.47. The van der Waals surface area contributed by atoms with Crippen LogP contribution in [0.3, 0.4) is 0 Å². The lowest BCUT2D eigenvalue weighted by atomic mass is 10.0. The van der Waals surface area contributed by atoms with Crippen LogP contribution in [0.2, 0.25) is 0 Å². The first-order chi connectivity index (χ1) is 21.7. The van der Waals surface area contributed by atoms with Crippen LogP contribution in [0.1, 0.15) is 86.8 Å². The lowest BCUT2D eigenvalue weighted by Crippen LogP contribution is -2.49. The maximum absolute atomic E-state index is 13.4. The lowest BCUT2D eigenvalue weighted by molar-refractivity contribution is -0.128. The summed E-state index contributed by atoms with van der Waals surface area (Å²) in [5.41, 5.74) is 4.06. The Morgan fingerprint density at radius 2 is 1.80 bits per heavy atom. The second-order valence-electron chi connectivity index (χ2n) is 13.4. The predicted octanol–water partition coefficient (Wildman–Crippen LogP) is 5.54. The fourth-order valence-electron chi connectivity index (χ4n) is 6.87. The monoisotopic (exact) mass is 611 g/mol. The molecular weight excluding hydrogens is 566 g/mol. The molecule has 0 unspecified atom stereocenters. The molecule has 6 rings (SSSR count). The molecule has 0 spiro atoms. The number of nitrogens with zero attached hydrogens (tertiary/aromatic N) is 4. The van der Waals surface area contributed by atoms with Gasteiger partial charge in [-0.25, -0.2) is 0 Å². The topological polar surface area (TPSA) is 108 Å². The van der Waals surface area contributed by atoms with Crippen molar-refractivity contribution in [3.63, 3.8) is 0 Å². The van der Waals surface area contributed by atoms with E-state index >= 15 is 0 Å². The Balaban J connectivity index is 1.16. The molecule has 2 saturated heterocycles.